The molecule has 0 aliphatic carbocycles. The van der Waals surface area contributed by atoms with Gasteiger partial charge in [-0.3, -0.25) is 4.90 Å². The van der Waals surface area contributed by atoms with E-state index in [-0.39, 0.29) is 6.92 Å². The van der Waals surface area contributed by atoms with Gasteiger partial charge in [0.05, 0.1) is 0 Å². The lowest BCUT2D eigenvalue weighted by atomic mass is 10.2. The number of halogens is 9. The van der Waals surface area contributed by atoms with Gasteiger partial charge in [0.25, 0.3) is 12.1 Å². The van der Waals surface area contributed by atoms with Gasteiger partial charge in [0.2, 0.25) is 6.30 Å². The van der Waals surface area contributed by atoms with Gasteiger partial charge in [-0.25, -0.2) is 17.6 Å². The van der Waals surface area contributed by atoms with Crippen LogP contribution in [0.5, 0.6) is 0 Å². The third-order valence-electron chi connectivity index (χ3n) is 3.41. The summed E-state index contributed by atoms with van der Waals surface area (Å²) in [5.41, 5.74) is 0. The summed E-state index contributed by atoms with van der Waals surface area (Å²) < 4.78 is 112. The minimum absolute atomic E-state index is 0.120. The smallest absolute Gasteiger partial charge is 0.375 e. The summed E-state index contributed by atoms with van der Waals surface area (Å²) in [6.07, 6.45) is -11.6. The highest BCUT2D eigenvalue weighted by molar-refractivity contribution is 4.85. The maximum absolute atomic E-state index is 13.4. The average Bonchev–Trinajstić information content (AvgIpc) is 2.97. The van der Waals surface area contributed by atoms with Crippen LogP contribution in [-0.2, 0) is 4.74 Å². The first kappa shape index (κ1) is 23.3. The van der Waals surface area contributed by atoms with Crippen molar-refractivity contribution < 1.29 is 44.3 Å². The highest BCUT2D eigenvalue weighted by Crippen LogP contribution is 2.34. The fraction of sp³-hybridized carbons (Fsp3) is 1.00. The van der Waals surface area contributed by atoms with Crippen molar-refractivity contribution in [1.82, 2.24) is 4.90 Å². The second-order valence-electron chi connectivity index (χ2n) is 5.49. The predicted octanol–water partition coefficient (Wildman–Crippen LogP) is 4.59. The summed E-state index contributed by atoms with van der Waals surface area (Å²) in [6, 6.07) is 0. The van der Waals surface area contributed by atoms with Gasteiger partial charge in [-0.05, 0) is 19.8 Å². The van der Waals surface area contributed by atoms with Gasteiger partial charge in [0, 0.05) is 27.1 Å². The number of nitrogens with zero attached hydrogens (tertiary/aromatic N) is 1. The molecule has 1 aliphatic rings. The molecule has 1 heterocycles. The zero-order valence-electron chi connectivity index (χ0n) is 13.3. The van der Waals surface area contributed by atoms with E-state index >= 15 is 0 Å². The molecule has 0 aromatic rings. The minimum Gasteiger partial charge on any atom is -0.375 e. The van der Waals surface area contributed by atoms with E-state index in [0.717, 1.165) is 20.0 Å². The standard InChI is InChI=1S/C9H16F3NO.C4H4F6/c1-7(14-2)9(11,12)8(10)13-5-3-4-6-13;1-3(6,7)2(5)4(8,9)10/h7-8H,3-6H2,1-2H3;2H,1H3. The molecule has 24 heavy (non-hydrogen) atoms. The Morgan fingerprint density at radius 1 is 0.917 bits per heavy atom. The molecule has 1 fully saturated rings. The second kappa shape index (κ2) is 8.59. The summed E-state index contributed by atoms with van der Waals surface area (Å²) in [4.78, 5) is 1.18. The lowest BCUT2D eigenvalue weighted by molar-refractivity contribution is -0.238. The van der Waals surface area contributed by atoms with Crippen molar-refractivity contribution in [2.45, 2.75) is 63.3 Å². The minimum atomic E-state index is -5.47. The van der Waals surface area contributed by atoms with E-state index in [1.54, 1.807) is 0 Å². The summed E-state index contributed by atoms with van der Waals surface area (Å²) in [6.45, 7) is 1.88. The van der Waals surface area contributed by atoms with E-state index in [1.807, 2.05) is 0 Å². The van der Waals surface area contributed by atoms with E-state index in [1.165, 1.54) is 11.8 Å². The molecule has 0 radical (unpaired) electrons. The fourth-order valence-corrected chi connectivity index (χ4v) is 1.85. The fourth-order valence-electron chi connectivity index (χ4n) is 1.85. The molecule has 11 heteroatoms. The van der Waals surface area contributed by atoms with E-state index in [0.29, 0.717) is 13.1 Å². The molecule has 0 spiro atoms. The van der Waals surface area contributed by atoms with Crippen LogP contribution in [0.3, 0.4) is 0 Å². The quantitative estimate of drug-likeness (QED) is 0.513. The summed E-state index contributed by atoms with van der Waals surface area (Å²) in [5.74, 6) is -7.78. The van der Waals surface area contributed by atoms with Crippen molar-refractivity contribution in [3.05, 3.63) is 0 Å². The van der Waals surface area contributed by atoms with Gasteiger partial charge in [-0.2, -0.15) is 22.0 Å². The lowest BCUT2D eigenvalue weighted by Gasteiger charge is -2.31. The number of ether oxygens (including phenoxy) is 1. The van der Waals surface area contributed by atoms with Crippen LogP contribution >= 0.6 is 0 Å². The molecule has 1 rings (SSSR count). The molecule has 146 valence electrons. The Morgan fingerprint density at radius 2 is 1.33 bits per heavy atom. The normalized spacial score (nSPS) is 21.0. The summed E-state index contributed by atoms with van der Waals surface area (Å²) >= 11 is 0. The molecule has 0 N–H and O–H groups in total. The molecule has 1 aliphatic heterocycles. The van der Waals surface area contributed by atoms with Gasteiger partial charge in [0.15, 0.2) is 0 Å². The van der Waals surface area contributed by atoms with Gasteiger partial charge < -0.3 is 4.74 Å². The van der Waals surface area contributed by atoms with E-state index in [4.69, 9.17) is 0 Å². The van der Waals surface area contributed by atoms with Crippen molar-refractivity contribution in [2.24, 2.45) is 0 Å². The monoisotopic (exact) mass is 377 g/mol. The molecule has 0 saturated carbocycles. The SMILES string of the molecule is CC(F)(F)C(F)C(F)(F)F.COC(C)C(F)(F)C(F)N1CCCC1. The first-order chi connectivity index (χ1) is 10.7. The largest absolute Gasteiger partial charge is 0.425 e. The zero-order valence-corrected chi connectivity index (χ0v) is 13.3. The Bertz CT molecular complexity index is 349. The molecule has 0 amide bonds. The predicted molar refractivity (Wildman–Crippen MR) is 68.7 cm³/mol. The van der Waals surface area contributed by atoms with Crippen LogP contribution in [0.15, 0.2) is 0 Å². The maximum Gasteiger partial charge on any atom is 0.425 e. The first-order valence-electron chi connectivity index (χ1n) is 7.03. The highest BCUT2D eigenvalue weighted by atomic mass is 19.4. The third-order valence-corrected chi connectivity index (χ3v) is 3.41. The molecular formula is C13H20F9NO. The van der Waals surface area contributed by atoms with Crippen molar-refractivity contribution in [2.75, 3.05) is 20.2 Å². The van der Waals surface area contributed by atoms with E-state index in [2.05, 4.69) is 4.74 Å². The Hall–Kier alpha value is -0.710. The van der Waals surface area contributed by atoms with Crippen LogP contribution in [0.2, 0.25) is 0 Å². The number of hydrogen-bond donors (Lipinski definition) is 0. The molecule has 3 atom stereocenters. The van der Waals surface area contributed by atoms with Crippen LogP contribution in [0.1, 0.15) is 26.7 Å². The van der Waals surface area contributed by atoms with E-state index < -0.39 is 36.6 Å². The summed E-state index contributed by atoms with van der Waals surface area (Å²) in [5, 5.41) is 0. The zero-order chi connectivity index (χ0) is 19.3. The van der Waals surface area contributed by atoms with Crippen LogP contribution in [-0.4, -0.2) is 61.7 Å². The third kappa shape index (κ3) is 6.66. The first-order valence-corrected chi connectivity index (χ1v) is 7.03. The number of likely N-dealkylation sites (tertiary alicyclic amines) is 1. The maximum atomic E-state index is 13.4. The molecular weight excluding hydrogens is 357 g/mol. The Labute approximate surface area is 133 Å². The lowest BCUT2D eigenvalue weighted by Crippen LogP contribution is -2.50. The van der Waals surface area contributed by atoms with Crippen LogP contribution in [0.4, 0.5) is 39.5 Å². The number of methoxy groups -OCH3 is 1. The molecule has 0 bridgehead atoms. The Morgan fingerprint density at radius 3 is 1.58 bits per heavy atom. The topological polar surface area (TPSA) is 12.5 Å². The molecule has 0 aromatic carbocycles. The highest BCUT2D eigenvalue weighted by Gasteiger charge is 2.53. The van der Waals surface area contributed by atoms with Gasteiger partial charge >= 0.3 is 12.1 Å². The number of rotatable bonds is 5. The van der Waals surface area contributed by atoms with Crippen molar-refractivity contribution >= 4 is 0 Å². The van der Waals surface area contributed by atoms with Crippen LogP contribution in [0, 0.1) is 0 Å². The van der Waals surface area contributed by atoms with Crippen molar-refractivity contribution in [3.8, 4) is 0 Å². The number of hydrogen-bond acceptors (Lipinski definition) is 2. The molecule has 2 nitrogen and oxygen atoms in total. The van der Waals surface area contributed by atoms with Crippen LogP contribution < -0.4 is 0 Å². The molecule has 3 unspecified atom stereocenters. The molecule has 1 saturated heterocycles. The molecule has 0 aromatic heterocycles. The average molecular weight is 377 g/mol. The van der Waals surface area contributed by atoms with Crippen molar-refractivity contribution in [3.63, 3.8) is 0 Å². The van der Waals surface area contributed by atoms with Gasteiger partial charge in [0.1, 0.15) is 6.10 Å². The van der Waals surface area contributed by atoms with Gasteiger partial charge in [-0.1, -0.05) is 0 Å². The van der Waals surface area contributed by atoms with E-state index in [9.17, 15) is 39.5 Å². The Balaban J connectivity index is 0.000000470. The van der Waals surface area contributed by atoms with Crippen LogP contribution in [0.25, 0.3) is 0 Å². The van der Waals surface area contributed by atoms with Gasteiger partial charge in [-0.15, -0.1) is 0 Å². The summed E-state index contributed by atoms with van der Waals surface area (Å²) in [7, 11) is 1.16. The Kier molecular flexibility index (Phi) is 8.34. The number of alkyl halides is 9. The second-order valence-corrected chi connectivity index (χ2v) is 5.49. The van der Waals surface area contributed by atoms with Crippen molar-refractivity contribution in [1.29, 1.82) is 0 Å².